The number of hydrogen-bond acceptors (Lipinski definition) is 6. The highest BCUT2D eigenvalue weighted by molar-refractivity contribution is 7.16. The van der Waals surface area contributed by atoms with Crippen LogP contribution in [0.3, 0.4) is 0 Å². The topological polar surface area (TPSA) is 69.6 Å². The Hall–Kier alpha value is -3.00. The molecule has 8 heteroatoms. The smallest absolute Gasteiger partial charge is 0.228 e. The van der Waals surface area contributed by atoms with Crippen molar-refractivity contribution in [2.75, 3.05) is 37.6 Å². The van der Waals surface area contributed by atoms with E-state index in [1.165, 1.54) is 0 Å². The predicted octanol–water partition coefficient (Wildman–Crippen LogP) is 2.39. The van der Waals surface area contributed by atoms with Gasteiger partial charge in [-0.2, -0.15) is 0 Å². The first kappa shape index (κ1) is 19.0. The van der Waals surface area contributed by atoms with Gasteiger partial charge >= 0.3 is 0 Å². The molecule has 2 aromatic heterocycles. The van der Waals surface area contributed by atoms with Crippen LogP contribution in [0.5, 0.6) is 0 Å². The second-order valence-corrected chi connectivity index (χ2v) is 8.70. The number of carbonyl (C=O) groups excluding carboxylic acids is 2. The summed E-state index contributed by atoms with van der Waals surface area (Å²) in [6.07, 6.45) is 1.92. The highest BCUT2D eigenvalue weighted by atomic mass is 32.1. The van der Waals surface area contributed by atoms with Gasteiger partial charge in [0.15, 0.2) is 0 Å². The summed E-state index contributed by atoms with van der Waals surface area (Å²) < 4.78 is 0. The Morgan fingerprint density at radius 3 is 2.67 bits per heavy atom. The summed E-state index contributed by atoms with van der Waals surface area (Å²) in [6, 6.07) is 12.0. The molecular weight excluding hydrogens is 398 g/mol. The lowest BCUT2D eigenvalue weighted by molar-refractivity contribution is -0.136. The molecule has 1 unspecified atom stereocenters. The molecule has 5 rings (SSSR count). The van der Waals surface area contributed by atoms with E-state index in [1.54, 1.807) is 17.7 Å². The molecule has 0 N–H and O–H groups in total. The highest BCUT2D eigenvalue weighted by Crippen LogP contribution is 2.28. The van der Waals surface area contributed by atoms with Crippen LogP contribution in [0.2, 0.25) is 0 Å². The molecule has 2 saturated heterocycles. The molecule has 2 aliphatic heterocycles. The molecule has 2 amide bonds. The van der Waals surface area contributed by atoms with Crippen LogP contribution in [0, 0.1) is 5.92 Å². The molecule has 30 heavy (non-hydrogen) atoms. The first-order valence-corrected chi connectivity index (χ1v) is 11.1. The van der Waals surface area contributed by atoms with Gasteiger partial charge in [0.05, 0.1) is 11.3 Å². The van der Waals surface area contributed by atoms with Gasteiger partial charge in [-0.15, -0.1) is 11.3 Å². The van der Waals surface area contributed by atoms with E-state index >= 15 is 0 Å². The number of piperazine rings is 1. The lowest BCUT2D eigenvalue weighted by Crippen LogP contribution is -2.51. The van der Waals surface area contributed by atoms with Crippen LogP contribution >= 0.6 is 11.3 Å². The van der Waals surface area contributed by atoms with Gasteiger partial charge in [-0.25, -0.2) is 9.97 Å². The third-order valence-corrected chi connectivity index (χ3v) is 6.73. The number of hydrogen-bond donors (Lipinski definition) is 0. The van der Waals surface area contributed by atoms with Crippen molar-refractivity contribution in [2.24, 2.45) is 5.92 Å². The summed E-state index contributed by atoms with van der Waals surface area (Å²) in [7, 11) is 0. The summed E-state index contributed by atoms with van der Waals surface area (Å²) in [6.45, 7) is 3.86. The fourth-order valence-corrected chi connectivity index (χ4v) is 5.05. The molecule has 154 valence electrons. The third-order valence-electron chi connectivity index (χ3n) is 5.91. The molecule has 2 aliphatic rings. The number of anilines is 1. The number of carbonyl (C=O) groups is 2. The van der Waals surface area contributed by atoms with E-state index in [0.717, 1.165) is 34.7 Å². The average molecular weight is 422 g/mol. The lowest BCUT2D eigenvalue weighted by atomic mass is 10.1. The first-order chi connectivity index (χ1) is 14.7. The highest BCUT2D eigenvalue weighted by Gasteiger charge is 2.37. The van der Waals surface area contributed by atoms with Crippen LogP contribution in [0.15, 0.2) is 48.1 Å². The Bertz CT molecular complexity index is 1060. The van der Waals surface area contributed by atoms with Crippen molar-refractivity contribution >= 4 is 39.2 Å². The maximum absolute atomic E-state index is 13.1. The number of amides is 2. The zero-order chi connectivity index (χ0) is 20.5. The van der Waals surface area contributed by atoms with E-state index in [4.69, 9.17) is 0 Å². The van der Waals surface area contributed by atoms with Gasteiger partial charge in [-0.1, -0.05) is 30.3 Å². The Morgan fingerprint density at radius 2 is 1.87 bits per heavy atom. The number of rotatable bonds is 4. The number of thiophene rings is 1. The second kappa shape index (κ2) is 8.02. The van der Waals surface area contributed by atoms with Crippen LogP contribution in [-0.4, -0.2) is 64.3 Å². The molecule has 1 aromatic carbocycles. The molecule has 0 spiro atoms. The number of fused-ring (bicyclic) bond motifs is 1. The Balaban J connectivity index is 1.20. The lowest BCUT2D eigenvalue weighted by Gasteiger charge is -2.36. The van der Waals surface area contributed by atoms with Gasteiger partial charge < -0.3 is 14.7 Å². The fraction of sp³-hybridized carbons (Fsp3) is 0.364. The molecule has 0 radical (unpaired) electrons. The van der Waals surface area contributed by atoms with Crippen LogP contribution in [-0.2, 0) is 16.1 Å². The standard InChI is InChI=1S/C22H23N5O2S/c28-19-12-17(14-27(19)13-16-4-2-1-3-5-16)22(29)26-9-7-25(8-10-26)20-18-6-11-30-21(18)24-15-23-20/h1-6,11,15,17H,7-10,12-14H2. The van der Waals surface area contributed by atoms with Crippen molar-refractivity contribution in [3.63, 3.8) is 0 Å². The molecule has 0 saturated carbocycles. The first-order valence-electron chi connectivity index (χ1n) is 10.2. The second-order valence-electron chi connectivity index (χ2n) is 7.81. The zero-order valence-corrected chi connectivity index (χ0v) is 17.4. The number of likely N-dealkylation sites (tertiary alicyclic amines) is 1. The fourth-order valence-electron chi connectivity index (χ4n) is 4.32. The van der Waals surface area contributed by atoms with E-state index in [0.29, 0.717) is 32.6 Å². The van der Waals surface area contributed by atoms with Crippen molar-refractivity contribution < 1.29 is 9.59 Å². The van der Waals surface area contributed by atoms with E-state index < -0.39 is 0 Å². The van der Waals surface area contributed by atoms with Crippen molar-refractivity contribution in [1.29, 1.82) is 0 Å². The molecule has 4 heterocycles. The van der Waals surface area contributed by atoms with Crippen LogP contribution in [0.25, 0.3) is 10.2 Å². The van der Waals surface area contributed by atoms with E-state index in [2.05, 4.69) is 20.9 Å². The van der Waals surface area contributed by atoms with Crippen LogP contribution < -0.4 is 4.90 Å². The van der Waals surface area contributed by atoms with E-state index in [9.17, 15) is 9.59 Å². The van der Waals surface area contributed by atoms with Crippen molar-refractivity contribution in [2.45, 2.75) is 13.0 Å². The molecule has 3 aromatic rings. The molecule has 0 aliphatic carbocycles. The van der Waals surface area contributed by atoms with Crippen molar-refractivity contribution in [3.8, 4) is 0 Å². The van der Waals surface area contributed by atoms with E-state index in [1.807, 2.05) is 45.5 Å². The van der Waals surface area contributed by atoms with Crippen molar-refractivity contribution in [3.05, 3.63) is 53.7 Å². The number of aromatic nitrogens is 2. The quantitative estimate of drug-likeness (QED) is 0.647. The molecule has 7 nitrogen and oxygen atoms in total. The van der Waals surface area contributed by atoms with Crippen LogP contribution in [0.1, 0.15) is 12.0 Å². The van der Waals surface area contributed by atoms with E-state index in [-0.39, 0.29) is 17.7 Å². The zero-order valence-electron chi connectivity index (χ0n) is 16.6. The Labute approximate surface area is 178 Å². The summed E-state index contributed by atoms with van der Waals surface area (Å²) in [5.41, 5.74) is 1.09. The number of nitrogens with zero attached hydrogens (tertiary/aromatic N) is 5. The number of benzene rings is 1. The minimum atomic E-state index is -0.240. The summed E-state index contributed by atoms with van der Waals surface area (Å²) >= 11 is 1.61. The minimum Gasteiger partial charge on any atom is -0.352 e. The molecule has 1 atom stereocenters. The minimum absolute atomic E-state index is 0.0664. The Morgan fingerprint density at radius 1 is 1.07 bits per heavy atom. The molecule has 0 bridgehead atoms. The SMILES string of the molecule is O=C1CC(C(=O)N2CCN(c3ncnc4sccc34)CC2)CN1Cc1ccccc1. The van der Waals surface area contributed by atoms with Gasteiger partial charge in [0.1, 0.15) is 17.0 Å². The molecular formula is C22H23N5O2S. The van der Waals surface area contributed by atoms with Gasteiger partial charge in [0, 0.05) is 45.7 Å². The largest absolute Gasteiger partial charge is 0.352 e. The average Bonchev–Trinajstić information content (AvgIpc) is 3.41. The maximum Gasteiger partial charge on any atom is 0.228 e. The monoisotopic (exact) mass is 421 g/mol. The third kappa shape index (κ3) is 3.63. The summed E-state index contributed by atoms with van der Waals surface area (Å²) in [5.74, 6) is 0.868. The van der Waals surface area contributed by atoms with Gasteiger partial charge in [0.25, 0.3) is 0 Å². The Kier molecular flexibility index (Phi) is 5.08. The maximum atomic E-state index is 13.1. The summed E-state index contributed by atoms with van der Waals surface area (Å²) in [5, 5.41) is 3.10. The predicted molar refractivity (Wildman–Crippen MR) is 116 cm³/mol. The van der Waals surface area contributed by atoms with Crippen LogP contribution in [0.4, 0.5) is 5.82 Å². The van der Waals surface area contributed by atoms with Crippen molar-refractivity contribution in [1.82, 2.24) is 19.8 Å². The normalized spacial score (nSPS) is 19.7. The van der Waals surface area contributed by atoms with Gasteiger partial charge in [-0.3, -0.25) is 9.59 Å². The molecule has 2 fully saturated rings. The van der Waals surface area contributed by atoms with Gasteiger partial charge in [0.2, 0.25) is 11.8 Å². The van der Waals surface area contributed by atoms with Gasteiger partial charge in [-0.05, 0) is 17.0 Å². The summed E-state index contributed by atoms with van der Waals surface area (Å²) in [4.78, 5) is 41.2.